The summed E-state index contributed by atoms with van der Waals surface area (Å²) in [5, 5.41) is 90.3. The molecule has 18 N–H and O–H groups in total. The summed E-state index contributed by atoms with van der Waals surface area (Å²) < 4.78 is 31.7. The molecule has 2 unspecified atom stereocenters. The number of hydrogen-bond donors (Lipinski definition) is 17. The number of nitrogens with zero attached hydrogens (tertiary/aromatic N) is 4. The van der Waals surface area contributed by atoms with E-state index in [1.54, 1.807) is 98.6 Å². The quantitative estimate of drug-likeness (QED) is 0.0227. The zero-order valence-electron chi connectivity index (χ0n) is 57.8. The van der Waals surface area contributed by atoms with Crippen LogP contribution in [0.1, 0.15) is 49.8 Å². The van der Waals surface area contributed by atoms with Crippen molar-refractivity contribution >= 4 is 104 Å². The van der Waals surface area contributed by atoms with E-state index in [4.69, 9.17) is 15.6 Å². The molecule has 33 nitrogen and oxygen atoms in total. The molecule has 3 aromatic carbocycles. The fraction of sp³-hybridized carbons (Fsp3) is 0.522. The lowest BCUT2D eigenvalue weighted by molar-refractivity contribution is -0.192. The maximum absolute atomic E-state index is 15.3. The van der Waals surface area contributed by atoms with Crippen molar-refractivity contribution in [1.29, 1.82) is 0 Å². The number of rotatable bonds is 26. The van der Waals surface area contributed by atoms with Crippen LogP contribution in [0.25, 0.3) is 10.9 Å². The molecule has 0 aliphatic carbocycles. The molecule has 2 aliphatic heterocycles. The number of aliphatic hydroxyl groups excluding tert-OH is 3. The van der Waals surface area contributed by atoms with Gasteiger partial charge in [-0.1, -0.05) is 100 Å². The number of H-pyrrole nitrogens is 1. The van der Waals surface area contributed by atoms with Crippen LogP contribution in [0.3, 0.4) is 0 Å². The Balaban J connectivity index is 0.00000268. The molecule has 4 aromatic rings. The summed E-state index contributed by atoms with van der Waals surface area (Å²) in [6, 6.07) is 12.5. The van der Waals surface area contributed by atoms with E-state index in [2.05, 4.69) is 47.5 Å². The number of carboxylic acids is 4. The molecule has 0 spiro atoms. The SMILES string of the molecule is C[C@@H](O)[C@@H]1NC(=O)C(CCCCN)NC(=O)[C@@H](Cc2c[nH]c3ccccc23)NC(=O)[C@H](Cc2ccccc2)NC(=O)C(NC(=O)[C@@H](Cc2ccccc2)NC(=O)CN2CCN(CC(=O)O)CCN(CC(=O)O)CCN(CC(=O)O)CC2)CSSC[C@@H](C(=O)N[C@H](CO)[C@@H](C)O)NC1=O.O=C(O)C(F)(F)F. The van der Waals surface area contributed by atoms with E-state index in [0.717, 1.165) is 21.6 Å². The van der Waals surface area contributed by atoms with E-state index >= 15 is 14.4 Å². The van der Waals surface area contributed by atoms with Gasteiger partial charge in [0, 0.05) is 100 Å². The molecule has 0 radical (unpaired) electrons. The lowest BCUT2D eigenvalue weighted by Crippen LogP contribution is -2.62. The molecule has 2 saturated heterocycles. The topological polar surface area (TPSA) is 497 Å². The summed E-state index contributed by atoms with van der Waals surface area (Å²) in [6.45, 7) is 1.25. The van der Waals surface area contributed by atoms with E-state index in [-0.39, 0.29) is 103 Å². The number of para-hydroxylation sites is 1. The van der Waals surface area contributed by atoms with E-state index in [1.807, 2.05) is 12.1 Å². The zero-order chi connectivity index (χ0) is 77.3. The standard InChI is InChI=1S/C65H92N14O17S2.C2HF3O2/c1-40(81)51(37-80)72-64(95)53-39-98-97-38-52(73-60(91)48(29-42-13-5-3-6-14-42)68-54(83)33-76-21-23-77(34-55(84)85)25-27-79(36-57(88)89)28-26-78(24-22-76)35-56(86)87)63(94)70-49(30-43-15-7-4-8-16-43)61(92)71-50(31-44-32-67-46-18-10-9-17-45(44)46)62(93)69-47(19-11-12-20-66)59(90)75-58(41(2)82)65(96)74-53;3-2(4,5)1(6)7/h3-10,13-18,32,40-41,47-53,58,67,80-82H,11-12,19-31,33-39,66H2,1-2H3,(H,68,83)(H,69,93)(H,70,94)(H,71,92)(H,72,95)(H,73,91)(H,74,96)(H,75,90)(H,84,85)(H,86,87)(H,88,89);(H,6,7)/t40-,41-,47?,48-,49+,50-,51-,52?,53+,58+;/m1./s1. The molecule has 8 amide bonds. The molecule has 10 atom stereocenters. The monoisotopic (exact) mass is 1520 g/mol. The number of carboxylic acid groups (broad SMARTS) is 4. The molecule has 0 saturated carbocycles. The van der Waals surface area contributed by atoms with Crippen LogP contribution in [0, 0.1) is 0 Å². The van der Waals surface area contributed by atoms with Gasteiger partial charge < -0.3 is 89.0 Å². The minimum atomic E-state index is -5.08. The molecular formula is C67H93F3N14O19S2. The Kier molecular flexibility index (Phi) is 36.4. The van der Waals surface area contributed by atoms with E-state index < -0.39 is 164 Å². The number of aromatic nitrogens is 1. The molecule has 6 rings (SSSR count). The first kappa shape index (κ1) is 86.6. The minimum absolute atomic E-state index is 0.0330. The van der Waals surface area contributed by atoms with Crippen LogP contribution in [0.4, 0.5) is 13.2 Å². The van der Waals surface area contributed by atoms with Gasteiger partial charge in [0.2, 0.25) is 47.3 Å². The van der Waals surface area contributed by atoms with Gasteiger partial charge in [-0.25, -0.2) is 4.79 Å². The number of carbonyl (C=O) groups excluding carboxylic acids is 8. The Morgan fingerprint density at radius 2 is 1.07 bits per heavy atom. The number of benzene rings is 3. The number of carbonyl (C=O) groups is 12. The van der Waals surface area contributed by atoms with Crippen molar-refractivity contribution in [2.75, 3.05) is 103 Å². The number of aliphatic carboxylic acids is 4. The Bertz CT molecular complexity index is 3500. The second-order valence-electron chi connectivity index (χ2n) is 25.1. The summed E-state index contributed by atoms with van der Waals surface area (Å²) in [6.07, 6.45) is -6.13. The first-order chi connectivity index (χ1) is 49.8. The van der Waals surface area contributed by atoms with Gasteiger partial charge in [0.25, 0.3) is 0 Å². The van der Waals surface area contributed by atoms with E-state index in [9.17, 15) is 82.2 Å². The highest BCUT2D eigenvalue weighted by atomic mass is 33.1. The Hall–Kier alpha value is -8.99. The van der Waals surface area contributed by atoms with Crippen molar-refractivity contribution < 1.29 is 106 Å². The summed E-state index contributed by atoms with van der Waals surface area (Å²) in [5.41, 5.74) is 8.27. The summed E-state index contributed by atoms with van der Waals surface area (Å²) in [5.74, 6) is -14.0. The fourth-order valence-corrected chi connectivity index (χ4v) is 13.4. The normalized spacial score (nSPS) is 21.4. The molecule has 1 aromatic heterocycles. The van der Waals surface area contributed by atoms with Gasteiger partial charge in [0.1, 0.15) is 42.3 Å². The Labute approximate surface area is 610 Å². The number of amides is 8. The third-order valence-electron chi connectivity index (χ3n) is 16.8. The van der Waals surface area contributed by atoms with E-state index in [0.29, 0.717) is 40.4 Å². The number of aromatic amines is 1. The van der Waals surface area contributed by atoms with Gasteiger partial charge in [-0.15, -0.1) is 0 Å². The molecule has 105 heavy (non-hydrogen) atoms. The van der Waals surface area contributed by atoms with Crippen molar-refractivity contribution in [3.05, 3.63) is 108 Å². The van der Waals surface area contributed by atoms with Crippen molar-refractivity contribution in [1.82, 2.24) is 67.1 Å². The number of aliphatic hydroxyl groups is 3. The maximum atomic E-state index is 15.3. The molecule has 0 bridgehead atoms. The van der Waals surface area contributed by atoms with E-state index in [1.165, 1.54) is 13.8 Å². The second kappa shape index (κ2) is 44.1. The smallest absolute Gasteiger partial charge is 0.480 e. The first-order valence-electron chi connectivity index (χ1n) is 33.7. The lowest BCUT2D eigenvalue weighted by Gasteiger charge is -2.33. The van der Waals surface area contributed by atoms with Crippen molar-refractivity contribution in [2.24, 2.45) is 5.73 Å². The number of fused-ring (bicyclic) bond motifs is 1. The predicted molar refractivity (Wildman–Crippen MR) is 378 cm³/mol. The van der Waals surface area contributed by atoms with Gasteiger partial charge in [0.05, 0.1) is 51.0 Å². The number of halogens is 3. The highest BCUT2D eigenvalue weighted by molar-refractivity contribution is 8.76. The average molecular weight is 1520 g/mol. The number of alkyl halides is 3. The lowest BCUT2D eigenvalue weighted by atomic mass is 10.0. The minimum Gasteiger partial charge on any atom is -0.480 e. The van der Waals surface area contributed by atoms with Crippen LogP contribution >= 0.6 is 21.6 Å². The van der Waals surface area contributed by atoms with Crippen LogP contribution in [-0.4, -0.2) is 301 Å². The highest BCUT2D eigenvalue weighted by Gasteiger charge is 2.39. The number of hydrogen-bond acceptors (Lipinski definition) is 22. The van der Waals surface area contributed by atoms with Gasteiger partial charge in [-0.2, -0.15) is 13.2 Å². The molecule has 2 fully saturated rings. The molecule has 3 heterocycles. The van der Waals surface area contributed by atoms with Crippen LogP contribution in [0.15, 0.2) is 91.1 Å². The van der Waals surface area contributed by atoms with Crippen LogP contribution in [0.2, 0.25) is 0 Å². The van der Waals surface area contributed by atoms with Crippen LogP contribution < -0.4 is 48.3 Å². The van der Waals surface area contributed by atoms with Crippen molar-refractivity contribution in [3.63, 3.8) is 0 Å². The fourth-order valence-electron chi connectivity index (χ4n) is 11.0. The largest absolute Gasteiger partial charge is 0.490 e. The van der Waals surface area contributed by atoms with Gasteiger partial charge in [0.15, 0.2) is 0 Å². The molecule has 578 valence electrons. The predicted octanol–water partition coefficient (Wildman–Crippen LogP) is -2.54. The van der Waals surface area contributed by atoms with Crippen LogP contribution in [-0.2, 0) is 76.8 Å². The third kappa shape index (κ3) is 30.9. The van der Waals surface area contributed by atoms with Gasteiger partial charge in [-0.3, -0.25) is 72.3 Å². The number of nitrogens with two attached hydrogens (primary N) is 1. The van der Waals surface area contributed by atoms with Gasteiger partial charge >= 0.3 is 30.1 Å². The first-order valence-corrected chi connectivity index (χ1v) is 36.1. The Morgan fingerprint density at radius 1 is 0.590 bits per heavy atom. The van der Waals surface area contributed by atoms with Crippen molar-refractivity contribution in [2.45, 2.75) is 119 Å². The molecular weight excluding hydrogens is 1430 g/mol. The summed E-state index contributed by atoms with van der Waals surface area (Å²) >= 11 is 0. The highest BCUT2D eigenvalue weighted by Crippen LogP contribution is 2.25. The zero-order valence-corrected chi connectivity index (χ0v) is 59.5. The number of unbranched alkanes of at least 4 members (excludes halogenated alkanes) is 1. The second-order valence-corrected chi connectivity index (χ2v) is 27.6. The van der Waals surface area contributed by atoms with Gasteiger partial charge in [-0.05, 0) is 62.4 Å². The maximum Gasteiger partial charge on any atom is 0.490 e. The van der Waals surface area contributed by atoms with Crippen LogP contribution in [0.5, 0.6) is 0 Å². The molecule has 38 heteroatoms. The average Bonchev–Trinajstić information content (AvgIpc) is 1.64. The third-order valence-corrected chi connectivity index (χ3v) is 19.2. The number of nitrogens with one attached hydrogen (secondary N) is 9. The van der Waals surface area contributed by atoms with Crippen molar-refractivity contribution in [3.8, 4) is 0 Å². The summed E-state index contributed by atoms with van der Waals surface area (Å²) in [7, 11) is 1.86. The summed E-state index contributed by atoms with van der Waals surface area (Å²) in [4.78, 5) is 172. The Morgan fingerprint density at radius 3 is 1.57 bits per heavy atom. The molecule has 2 aliphatic rings.